The van der Waals surface area contributed by atoms with Crippen LogP contribution >= 0.6 is 0 Å². The number of nitrogens with two attached hydrogens (primary N) is 1. The summed E-state index contributed by atoms with van der Waals surface area (Å²) in [4.78, 5) is 15.2. The maximum Gasteiger partial charge on any atom is 0.339 e. The Hall–Kier alpha value is -2.63. The van der Waals surface area contributed by atoms with Crippen molar-refractivity contribution in [3.05, 3.63) is 53.5 Å². The van der Waals surface area contributed by atoms with Crippen molar-refractivity contribution < 1.29 is 18.7 Å². The molecule has 104 valence electrons. The summed E-state index contributed by atoms with van der Waals surface area (Å²) in [6.07, 6.45) is 1.29. The van der Waals surface area contributed by atoms with Gasteiger partial charge in [-0.15, -0.1) is 0 Å². The molecular weight excluding hydrogens is 263 g/mol. The molecule has 0 saturated heterocycles. The Morgan fingerprint density at radius 1 is 1.40 bits per heavy atom. The Morgan fingerprint density at radius 3 is 2.85 bits per heavy atom. The molecule has 1 heterocycles. The highest BCUT2D eigenvalue weighted by molar-refractivity contribution is 5.89. The number of halogens is 1. The summed E-state index contributed by atoms with van der Waals surface area (Å²) >= 11 is 0. The van der Waals surface area contributed by atoms with E-state index < -0.39 is 5.97 Å². The Bertz CT molecular complexity index is 632. The highest BCUT2D eigenvalue weighted by Crippen LogP contribution is 2.22. The van der Waals surface area contributed by atoms with E-state index in [4.69, 9.17) is 10.5 Å². The van der Waals surface area contributed by atoms with Crippen LogP contribution in [0.25, 0.3) is 0 Å². The Balaban J connectivity index is 2.17. The number of hydrogen-bond donors (Lipinski definition) is 1. The van der Waals surface area contributed by atoms with Crippen molar-refractivity contribution in [3.63, 3.8) is 0 Å². The number of rotatable bonds is 4. The number of anilines is 1. The molecule has 0 atom stereocenters. The topological polar surface area (TPSA) is 74.4 Å². The molecule has 0 aliphatic rings. The van der Waals surface area contributed by atoms with Gasteiger partial charge >= 0.3 is 5.97 Å². The second-order valence-corrected chi connectivity index (χ2v) is 3.98. The van der Waals surface area contributed by atoms with E-state index in [1.165, 1.54) is 25.4 Å². The zero-order chi connectivity index (χ0) is 14.5. The fraction of sp³-hybridized carbons (Fsp3) is 0.143. The van der Waals surface area contributed by atoms with Crippen molar-refractivity contribution in [2.75, 3.05) is 12.8 Å². The minimum atomic E-state index is -0.548. The summed E-state index contributed by atoms with van der Waals surface area (Å²) in [5.74, 6) is -0.596. The van der Waals surface area contributed by atoms with E-state index >= 15 is 0 Å². The van der Waals surface area contributed by atoms with Crippen LogP contribution in [0, 0.1) is 5.82 Å². The zero-order valence-corrected chi connectivity index (χ0v) is 10.8. The van der Waals surface area contributed by atoms with Gasteiger partial charge in [-0.1, -0.05) is 18.2 Å². The van der Waals surface area contributed by atoms with Crippen molar-refractivity contribution in [1.29, 1.82) is 0 Å². The molecule has 0 saturated carbocycles. The molecule has 0 amide bonds. The Labute approximate surface area is 115 Å². The van der Waals surface area contributed by atoms with Gasteiger partial charge in [-0.05, 0) is 6.07 Å². The highest BCUT2D eigenvalue weighted by Gasteiger charge is 2.11. The molecule has 0 aliphatic carbocycles. The number of methoxy groups -OCH3 is 1. The second kappa shape index (κ2) is 6.01. The Morgan fingerprint density at radius 2 is 2.15 bits per heavy atom. The molecule has 0 unspecified atom stereocenters. The lowest BCUT2D eigenvalue weighted by molar-refractivity contribution is 0.0599. The molecule has 2 rings (SSSR count). The van der Waals surface area contributed by atoms with Crippen LogP contribution in [0.3, 0.4) is 0 Å². The third-order valence-electron chi connectivity index (χ3n) is 2.64. The van der Waals surface area contributed by atoms with Gasteiger partial charge < -0.3 is 15.2 Å². The number of hydrogen-bond acceptors (Lipinski definition) is 5. The van der Waals surface area contributed by atoms with Crippen LogP contribution in [-0.2, 0) is 11.3 Å². The predicted molar refractivity (Wildman–Crippen MR) is 70.7 cm³/mol. The van der Waals surface area contributed by atoms with Crippen LogP contribution in [0.4, 0.5) is 10.2 Å². The lowest BCUT2D eigenvalue weighted by Gasteiger charge is -2.10. The van der Waals surface area contributed by atoms with Crippen LogP contribution in [0.5, 0.6) is 5.75 Å². The number of aromatic nitrogens is 1. The SMILES string of the molecule is COC(=O)c1cnc(N)c(OCc2ccccc2F)c1. The first-order chi connectivity index (χ1) is 9.61. The molecule has 1 aromatic heterocycles. The van der Waals surface area contributed by atoms with Crippen molar-refractivity contribution >= 4 is 11.8 Å². The molecule has 0 bridgehead atoms. The van der Waals surface area contributed by atoms with E-state index in [1.54, 1.807) is 18.2 Å². The molecule has 6 heteroatoms. The van der Waals surface area contributed by atoms with E-state index in [9.17, 15) is 9.18 Å². The van der Waals surface area contributed by atoms with Crippen molar-refractivity contribution in [2.24, 2.45) is 0 Å². The summed E-state index contributed by atoms with van der Waals surface area (Å²) in [6.45, 7) is -0.0107. The molecule has 1 aromatic carbocycles. The normalized spacial score (nSPS) is 10.1. The third-order valence-corrected chi connectivity index (χ3v) is 2.64. The third kappa shape index (κ3) is 3.03. The van der Waals surface area contributed by atoms with Gasteiger partial charge in [0.25, 0.3) is 0 Å². The van der Waals surface area contributed by atoms with Crippen LogP contribution in [-0.4, -0.2) is 18.1 Å². The first-order valence-electron chi connectivity index (χ1n) is 5.82. The number of pyridine rings is 1. The minimum absolute atomic E-state index is 0.0107. The number of carbonyl (C=O) groups excluding carboxylic acids is 1. The number of carbonyl (C=O) groups is 1. The fourth-order valence-electron chi connectivity index (χ4n) is 1.57. The number of ether oxygens (including phenoxy) is 2. The second-order valence-electron chi connectivity index (χ2n) is 3.98. The van der Waals surface area contributed by atoms with Gasteiger partial charge in [-0.3, -0.25) is 0 Å². The van der Waals surface area contributed by atoms with E-state index in [-0.39, 0.29) is 29.6 Å². The quantitative estimate of drug-likeness (QED) is 0.866. The molecular formula is C14H13FN2O3. The van der Waals surface area contributed by atoms with Crippen molar-refractivity contribution in [3.8, 4) is 5.75 Å². The minimum Gasteiger partial charge on any atom is -0.485 e. The zero-order valence-electron chi connectivity index (χ0n) is 10.8. The first-order valence-corrected chi connectivity index (χ1v) is 5.82. The maximum absolute atomic E-state index is 13.5. The van der Waals surface area contributed by atoms with Crippen LogP contribution in [0.2, 0.25) is 0 Å². The molecule has 2 aromatic rings. The lowest BCUT2D eigenvalue weighted by atomic mass is 10.2. The molecule has 0 fully saturated rings. The van der Waals surface area contributed by atoms with E-state index in [1.807, 2.05) is 0 Å². The fourth-order valence-corrected chi connectivity index (χ4v) is 1.57. The van der Waals surface area contributed by atoms with E-state index in [0.717, 1.165) is 0 Å². The number of esters is 1. The lowest BCUT2D eigenvalue weighted by Crippen LogP contribution is -2.06. The summed E-state index contributed by atoms with van der Waals surface area (Å²) in [6, 6.07) is 7.64. The van der Waals surface area contributed by atoms with Crippen LogP contribution in [0.1, 0.15) is 15.9 Å². The van der Waals surface area contributed by atoms with E-state index in [2.05, 4.69) is 9.72 Å². The molecule has 0 aliphatic heterocycles. The summed E-state index contributed by atoms with van der Waals surface area (Å²) in [5, 5.41) is 0. The maximum atomic E-state index is 13.5. The average Bonchev–Trinajstić information content (AvgIpc) is 2.47. The molecule has 2 N–H and O–H groups in total. The van der Waals surface area contributed by atoms with Crippen LogP contribution in [0.15, 0.2) is 36.5 Å². The van der Waals surface area contributed by atoms with E-state index in [0.29, 0.717) is 5.56 Å². The monoisotopic (exact) mass is 276 g/mol. The van der Waals surface area contributed by atoms with Crippen molar-refractivity contribution in [2.45, 2.75) is 6.61 Å². The number of nitrogen functional groups attached to an aromatic ring is 1. The summed E-state index contributed by atoms with van der Waals surface area (Å²) in [7, 11) is 1.26. The molecule has 0 spiro atoms. The van der Waals surface area contributed by atoms with Crippen molar-refractivity contribution in [1.82, 2.24) is 4.98 Å². The summed E-state index contributed by atoms with van der Waals surface area (Å²) in [5.41, 5.74) is 6.25. The molecule has 5 nitrogen and oxygen atoms in total. The smallest absolute Gasteiger partial charge is 0.339 e. The number of benzene rings is 1. The van der Waals surface area contributed by atoms with Gasteiger partial charge in [0.15, 0.2) is 11.6 Å². The van der Waals surface area contributed by atoms with Gasteiger partial charge in [-0.25, -0.2) is 14.2 Å². The average molecular weight is 276 g/mol. The standard InChI is InChI=1S/C14H13FN2O3/c1-19-14(18)10-6-12(13(16)17-7-10)20-8-9-4-2-3-5-11(9)15/h2-7H,8H2,1H3,(H2,16,17). The number of nitrogens with zero attached hydrogens (tertiary/aromatic N) is 1. The van der Waals surface area contributed by atoms with Gasteiger partial charge in [0.2, 0.25) is 0 Å². The molecule has 20 heavy (non-hydrogen) atoms. The van der Waals surface area contributed by atoms with Gasteiger partial charge in [0.1, 0.15) is 12.4 Å². The predicted octanol–water partition coefficient (Wildman–Crippen LogP) is 2.17. The first kappa shape index (κ1) is 13.8. The molecule has 0 radical (unpaired) electrons. The largest absolute Gasteiger partial charge is 0.485 e. The van der Waals surface area contributed by atoms with Gasteiger partial charge in [0.05, 0.1) is 12.7 Å². The summed E-state index contributed by atoms with van der Waals surface area (Å²) < 4.78 is 23.4. The Kier molecular flexibility index (Phi) is 4.14. The highest BCUT2D eigenvalue weighted by atomic mass is 19.1. The van der Waals surface area contributed by atoms with Gasteiger partial charge in [0, 0.05) is 17.8 Å². The van der Waals surface area contributed by atoms with Crippen LogP contribution < -0.4 is 10.5 Å². The van der Waals surface area contributed by atoms with Gasteiger partial charge in [-0.2, -0.15) is 0 Å².